The third kappa shape index (κ3) is 5.03. The molecule has 0 bridgehead atoms. The first-order valence-electron chi connectivity index (χ1n) is 7.58. The molecule has 0 aliphatic rings. The molecule has 0 aliphatic heterocycles. The number of aliphatic carboxylic acids is 1. The SMILES string of the molecule is CCCCC(NC(=O)C(C)NS(=O)(=O)c1c(C)noc1C)C(=O)O. The van der Waals surface area contributed by atoms with Crippen LogP contribution < -0.4 is 10.0 Å². The maximum absolute atomic E-state index is 12.3. The molecule has 1 aromatic heterocycles. The van der Waals surface area contributed by atoms with Crippen molar-refractivity contribution in [3.05, 3.63) is 11.5 Å². The second-order valence-electron chi connectivity index (χ2n) is 5.54. The van der Waals surface area contributed by atoms with E-state index in [9.17, 15) is 18.0 Å². The summed E-state index contributed by atoms with van der Waals surface area (Å²) in [5.41, 5.74) is 0.180. The fraction of sp³-hybridized carbons (Fsp3) is 0.643. The van der Waals surface area contributed by atoms with Gasteiger partial charge in [-0.25, -0.2) is 13.2 Å². The van der Waals surface area contributed by atoms with Crippen LogP contribution in [0.1, 0.15) is 44.6 Å². The molecule has 0 aliphatic carbocycles. The highest BCUT2D eigenvalue weighted by atomic mass is 32.2. The molecule has 0 aromatic carbocycles. The maximum Gasteiger partial charge on any atom is 0.326 e. The number of rotatable bonds is 9. The van der Waals surface area contributed by atoms with Gasteiger partial charge in [-0.1, -0.05) is 24.9 Å². The lowest BCUT2D eigenvalue weighted by atomic mass is 10.1. The second kappa shape index (κ2) is 8.25. The van der Waals surface area contributed by atoms with Crippen molar-refractivity contribution in [3.63, 3.8) is 0 Å². The number of nitrogens with one attached hydrogen (secondary N) is 2. The van der Waals surface area contributed by atoms with Crippen molar-refractivity contribution in [2.24, 2.45) is 0 Å². The molecule has 136 valence electrons. The Morgan fingerprint density at radius 2 is 1.96 bits per heavy atom. The number of sulfonamides is 1. The Morgan fingerprint density at radius 1 is 1.33 bits per heavy atom. The van der Waals surface area contributed by atoms with Gasteiger partial charge in [-0.3, -0.25) is 4.79 Å². The van der Waals surface area contributed by atoms with Gasteiger partial charge in [0.15, 0.2) is 5.76 Å². The number of aromatic nitrogens is 1. The van der Waals surface area contributed by atoms with Gasteiger partial charge in [0.2, 0.25) is 15.9 Å². The van der Waals surface area contributed by atoms with Gasteiger partial charge in [-0.2, -0.15) is 4.72 Å². The summed E-state index contributed by atoms with van der Waals surface area (Å²) in [7, 11) is -4.01. The Kier molecular flexibility index (Phi) is 6.91. The molecule has 1 amide bonds. The minimum Gasteiger partial charge on any atom is -0.480 e. The second-order valence-corrected chi connectivity index (χ2v) is 7.19. The van der Waals surface area contributed by atoms with Crippen molar-refractivity contribution < 1.29 is 27.6 Å². The molecule has 0 spiro atoms. The summed E-state index contributed by atoms with van der Waals surface area (Å²) in [6, 6.07) is -2.20. The lowest BCUT2D eigenvalue weighted by Gasteiger charge is -2.18. The molecule has 3 N–H and O–H groups in total. The fourth-order valence-electron chi connectivity index (χ4n) is 2.17. The molecule has 0 radical (unpaired) electrons. The first-order chi connectivity index (χ1) is 11.1. The number of carboxylic acid groups (broad SMARTS) is 1. The number of amides is 1. The number of nitrogens with zero attached hydrogens (tertiary/aromatic N) is 1. The summed E-state index contributed by atoms with van der Waals surface area (Å²) < 4.78 is 31.7. The molecule has 2 atom stereocenters. The third-order valence-corrected chi connectivity index (χ3v) is 5.21. The van der Waals surface area contributed by atoms with E-state index in [-0.39, 0.29) is 22.8 Å². The van der Waals surface area contributed by atoms with Gasteiger partial charge in [-0.15, -0.1) is 0 Å². The number of hydrogen-bond acceptors (Lipinski definition) is 6. The quantitative estimate of drug-likeness (QED) is 0.589. The lowest BCUT2D eigenvalue weighted by molar-refractivity contribution is -0.142. The predicted octanol–water partition coefficient (Wildman–Crippen LogP) is 0.718. The van der Waals surface area contributed by atoms with Gasteiger partial charge < -0.3 is 14.9 Å². The average molecular weight is 361 g/mol. The minimum atomic E-state index is -4.01. The Hall–Kier alpha value is -1.94. The first-order valence-corrected chi connectivity index (χ1v) is 9.06. The smallest absolute Gasteiger partial charge is 0.326 e. The van der Waals surface area contributed by atoms with Crippen LogP contribution in [-0.2, 0) is 19.6 Å². The molecule has 10 heteroatoms. The zero-order valence-electron chi connectivity index (χ0n) is 14.1. The monoisotopic (exact) mass is 361 g/mol. The Balaban J connectivity index is 2.81. The van der Waals surface area contributed by atoms with Gasteiger partial charge >= 0.3 is 5.97 Å². The van der Waals surface area contributed by atoms with Crippen LogP contribution in [-0.4, -0.2) is 42.6 Å². The number of carbonyl (C=O) groups is 2. The highest BCUT2D eigenvalue weighted by Gasteiger charge is 2.29. The number of carboxylic acids is 1. The van der Waals surface area contributed by atoms with E-state index in [0.29, 0.717) is 6.42 Å². The van der Waals surface area contributed by atoms with E-state index in [4.69, 9.17) is 9.63 Å². The summed E-state index contributed by atoms with van der Waals surface area (Å²) in [5.74, 6) is -1.76. The van der Waals surface area contributed by atoms with E-state index in [1.165, 1.54) is 20.8 Å². The van der Waals surface area contributed by atoms with E-state index in [0.717, 1.165) is 6.42 Å². The zero-order chi connectivity index (χ0) is 18.5. The highest BCUT2D eigenvalue weighted by Crippen LogP contribution is 2.18. The Labute approximate surface area is 140 Å². The number of carbonyl (C=O) groups excluding carboxylic acids is 1. The standard InChI is InChI=1S/C14H23N3O6S/c1-5-6-7-11(14(19)20)15-13(18)9(3)17-24(21,22)12-8(2)16-23-10(12)4/h9,11,17H,5-7H2,1-4H3,(H,15,18)(H,19,20). The fourth-order valence-corrected chi connectivity index (χ4v) is 3.70. The molecule has 0 saturated carbocycles. The molecular weight excluding hydrogens is 338 g/mol. The van der Waals surface area contributed by atoms with Gasteiger partial charge in [0, 0.05) is 0 Å². The summed E-state index contributed by atoms with van der Waals surface area (Å²) in [6.45, 7) is 6.16. The van der Waals surface area contributed by atoms with E-state index in [1.807, 2.05) is 6.92 Å². The average Bonchev–Trinajstić information content (AvgIpc) is 2.82. The van der Waals surface area contributed by atoms with Crippen LogP contribution in [0.25, 0.3) is 0 Å². The van der Waals surface area contributed by atoms with Crippen LogP contribution in [0.5, 0.6) is 0 Å². The van der Waals surface area contributed by atoms with Crippen LogP contribution in [0, 0.1) is 13.8 Å². The van der Waals surface area contributed by atoms with Gasteiger partial charge in [0.1, 0.15) is 16.6 Å². The number of aryl methyl sites for hydroxylation is 2. The summed E-state index contributed by atoms with van der Waals surface area (Å²) in [5, 5.41) is 15.0. The molecule has 24 heavy (non-hydrogen) atoms. The predicted molar refractivity (Wildman–Crippen MR) is 84.9 cm³/mol. The van der Waals surface area contributed by atoms with E-state index >= 15 is 0 Å². The Morgan fingerprint density at radius 3 is 2.42 bits per heavy atom. The van der Waals surface area contributed by atoms with Crippen LogP contribution in [0.15, 0.2) is 9.42 Å². The van der Waals surface area contributed by atoms with Crippen molar-refractivity contribution in [1.82, 2.24) is 15.2 Å². The van der Waals surface area contributed by atoms with Gasteiger partial charge in [-0.05, 0) is 27.2 Å². The van der Waals surface area contributed by atoms with Crippen LogP contribution in [0.2, 0.25) is 0 Å². The number of unbranched alkanes of at least 4 members (excludes halogenated alkanes) is 1. The third-order valence-electron chi connectivity index (χ3n) is 3.42. The summed E-state index contributed by atoms with van der Waals surface area (Å²) >= 11 is 0. The van der Waals surface area contributed by atoms with Crippen molar-refractivity contribution in [3.8, 4) is 0 Å². The summed E-state index contributed by atoms with van der Waals surface area (Å²) in [6.07, 6.45) is 1.70. The minimum absolute atomic E-state index is 0.110. The van der Waals surface area contributed by atoms with Crippen molar-refractivity contribution >= 4 is 21.9 Å². The zero-order valence-corrected chi connectivity index (χ0v) is 14.9. The molecule has 9 nitrogen and oxygen atoms in total. The normalized spacial score (nSPS) is 14.2. The summed E-state index contributed by atoms with van der Waals surface area (Å²) in [4.78, 5) is 23.1. The first kappa shape index (κ1) is 20.1. The van der Waals surface area contributed by atoms with Gasteiger partial charge in [0.25, 0.3) is 0 Å². The van der Waals surface area contributed by atoms with Crippen LogP contribution >= 0.6 is 0 Å². The molecule has 1 rings (SSSR count). The van der Waals surface area contributed by atoms with Crippen LogP contribution in [0.3, 0.4) is 0 Å². The molecule has 1 heterocycles. The van der Waals surface area contributed by atoms with E-state index < -0.39 is 34.0 Å². The van der Waals surface area contributed by atoms with Crippen molar-refractivity contribution in [2.45, 2.75) is 63.9 Å². The maximum atomic E-state index is 12.3. The molecule has 1 aromatic rings. The van der Waals surface area contributed by atoms with E-state index in [2.05, 4.69) is 15.2 Å². The van der Waals surface area contributed by atoms with Crippen molar-refractivity contribution in [1.29, 1.82) is 0 Å². The largest absolute Gasteiger partial charge is 0.480 e. The van der Waals surface area contributed by atoms with Gasteiger partial charge in [0.05, 0.1) is 6.04 Å². The van der Waals surface area contributed by atoms with E-state index in [1.54, 1.807) is 0 Å². The lowest BCUT2D eigenvalue weighted by Crippen LogP contribution is -2.50. The molecule has 0 fully saturated rings. The molecular formula is C14H23N3O6S. The molecule has 0 saturated heterocycles. The van der Waals surface area contributed by atoms with Crippen molar-refractivity contribution in [2.75, 3.05) is 0 Å². The Bertz CT molecular complexity index is 678. The van der Waals surface area contributed by atoms with Crippen LogP contribution in [0.4, 0.5) is 0 Å². The highest BCUT2D eigenvalue weighted by molar-refractivity contribution is 7.89. The number of hydrogen-bond donors (Lipinski definition) is 3. The molecule has 2 unspecified atom stereocenters. The topological polar surface area (TPSA) is 139 Å².